The van der Waals surface area contributed by atoms with Gasteiger partial charge in [0.25, 0.3) is 0 Å². The van der Waals surface area contributed by atoms with Crippen molar-refractivity contribution in [2.24, 2.45) is 5.18 Å². The second-order valence-corrected chi connectivity index (χ2v) is 3.90. The third-order valence-electron chi connectivity index (χ3n) is 2.30. The van der Waals surface area contributed by atoms with E-state index in [4.69, 9.17) is 21.1 Å². The van der Waals surface area contributed by atoms with Gasteiger partial charge in [0, 0.05) is 11.1 Å². The fourth-order valence-corrected chi connectivity index (χ4v) is 1.62. The van der Waals surface area contributed by atoms with E-state index in [0.717, 1.165) is 0 Å². The van der Waals surface area contributed by atoms with Gasteiger partial charge in [-0.25, -0.2) is 0 Å². The lowest BCUT2D eigenvalue weighted by molar-refractivity contribution is 0.0737. The highest BCUT2D eigenvalue weighted by atomic mass is 35.5. The molecule has 2 rings (SSSR count). The number of nitrogens with zero attached hydrogens (tertiary/aromatic N) is 1. The summed E-state index contributed by atoms with van der Waals surface area (Å²) in [7, 11) is 0. The first-order valence-electron chi connectivity index (χ1n) is 4.76. The van der Waals surface area contributed by atoms with E-state index in [-0.39, 0.29) is 24.7 Å². The summed E-state index contributed by atoms with van der Waals surface area (Å²) < 4.78 is 10.5. The molecule has 1 fully saturated rings. The highest BCUT2D eigenvalue weighted by Crippen LogP contribution is 2.32. The topological polar surface area (TPSA) is 68.1 Å². The largest absolute Gasteiger partial charge is 0.483 e. The Hall–Kier alpha value is -1.17. The Kier molecular flexibility index (Phi) is 3.38. The molecule has 6 heteroatoms. The molecule has 1 heterocycles. The minimum absolute atomic E-state index is 0.156. The van der Waals surface area contributed by atoms with Gasteiger partial charge in [0.1, 0.15) is 11.8 Å². The standard InChI is InChI=1S/C10H10ClNO4/c11-6-1-2-7(12-14)9(3-6)16-10-5-15-4-8(10)13/h1-3,8,10,13H,4-5H2/t8?,10-/m0/s1. The molecule has 1 aliphatic heterocycles. The maximum atomic E-state index is 10.5. The van der Waals surface area contributed by atoms with Gasteiger partial charge in [-0.2, -0.15) is 0 Å². The van der Waals surface area contributed by atoms with E-state index in [2.05, 4.69) is 5.18 Å². The number of aliphatic hydroxyl groups excluding tert-OH is 1. The van der Waals surface area contributed by atoms with E-state index in [1.807, 2.05) is 0 Å². The lowest BCUT2D eigenvalue weighted by Gasteiger charge is -2.16. The van der Waals surface area contributed by atoms with E-state index in [9.17, 15) is 10.0 Å². The van der Waals surface area contributed by atoms with Crippen LogP contribution in [0.25, 0.3) is 0 Å². The van der Waals surface area contributed by atoms with Crippen LogP contribution in [0.15, 0.2) is 23.4 Å². The first-order chi connectivity index (χ1) is 7.70. The van der Waals surface area contributed by atoms with Crippen LogP contribution < -0.4 is 4.74 Å². The normalized spacial score (nSPS) is 24.4. The molecule has 0 bridgehead atoms. The number of benzene rings is 1. The second kappa shape index (κ2) is 4.78. The van der Waals surface area contributed by atoms with Crippen molar-refractivity contribution in [3.63, 3.8) is 0 Å². The molecule has 0 radical (unpaired) electrons. The van der Waals surface area contributed by atoms with Crippen molar-refractivity contribution >= 4 is 17.3 Å². The van der Waals surface area contributed by atoms with Gasteiger partial charge in [-0.1, -0.05) is 11.6 Å². The van der Waals surface area contributed by atoms with E-state index in [1.54, 1.807) is 6.07 Å². The molecular formula is C10H10ClNO4. The molecule has 0 aliphatic carbocycles. The minimum atomic E-state index is -0.696. The first-order valence-corrected chi connectivity index (χ1v) is 5.14. The van der Waals surface area contributed by atoms with Crippen molar-refractivity contribution in [3.8, 4) is 5.75 Å². The quantitative estimate of drug-likeness (QED) is 0.823. The van der Waals surface area contributed by atoms with Crippen LogP contribution >= 0.6 is 11.6 Å². The zero-order valence-corrected chi connectivity index (χ0v) is 9.05. The van der Waals surface area contributed by atoms with Gasteiger partial charge in [-0.15, -0.1) is 4.91 Å². The van der Waals surface area contributed by atoms with Crippen LogP contribution in [0.2, 0.25) is 5.02 Å². The predicted octanol–water partition coefficient (Wildman–Crippen LogP) is 1.88. The Morgan fingerprint density at radius 1 is 1.50 bits per heavy atom. The molecule has 2 atom stereocenters. The van der Waals surface area contributed by atoms with Gasteiger partial charge < -0.3 is 14.6 Å². The van der Waals surface area contributed by atoms with Gasteiger partial charge in [0.05, 0.1) is 13.2 Å². The van der Waals surface area contributed by atoms with E-state index < -0.39 is 12.2 Å². The number of halogens is 1. The number of rotatable bonds is 3. The van der Waals surface area contributed by atoms with Crippen LogP contribution in [0.4, 0.5) is 5.69 Å². The number of aliphatic hydroxyl groups is 1. The SMILES string of the molecule is O=Nc1ccc(Cl)cc1O[C@H]1COCC1O. The van der Waals surface area contributed by atoms with Gasteiger partial charge in [0.15, 0.2) is 11.9 Å². The molecule has 5 nitrogen and oxygen atoms in total. The zero-order valence-electron chi connectivity index (χ0n) is 8.30. The van der Waals surface area contributed by atoms with Crippen molar-refractivity contribution in [1.29, 1.82) is 0 Å². The Balaban J connectivity index is 2.19. The third kappa shape index (κ3) is 2.32. The van der Waals surface area contributed by atoms with Crippen molar-refractivity contribution in [2.45, 2.75) is 12.2 Å². The average molecular weight is 244 g/mol. The second-order valence-electron chi connectivity index (χ2n) is 3.46. The summed E-state index contributed by atoms with van der Waals surface area (Å²) in [4.78, 5) is 10.5. The summed E-state index contributed by atoms with van der Waals surface area (Å²) in [6, 6.07) is 4.50. The summed E-state index contributed by atoms with van der Waals surface area (Å²) in [6.45, 7) is 0.515. The summed E-state index contributed by atoms with van der Waals surface area (Å²) in [6.07, 6.45) is -1.18. The van der Waals surface area contributed by atoms with Crippen LogP contribution in [0.5, 0.6) is 5.75 Å². The molecule has 1 aromatic carbocycles. The van der Waals surface area contributed by atoms with Gasteiger partial charge >= 0.3 is 0 Å². The molecule has 1 aromatic rings. The Morgan fingerprint density at radius 2 is 2.31 bits per heavy atom. The first kappa shape index (κ1) is 11.3. The van der Waals surface area contributed by atoms with E-state index in [1.165, 1.54) is 12.1 Å². The summed E-state index contributed by atoms with van der Waals surface area (Å²) in [5.41, 5.74) is 0.156. The molecule has 1 aliphatic rings. The number of nitroso groups, excluding NO2 is 1. The van der Waals surface area contributed by atoms with Crippen LogP contribution in [0.3, 0.4) is 0 Å². The molecule has 1 unspecified atom stereocenters. The van der Waals surface area contributed by atoms with Gasteiger partial charge in [0.2, 0.25) is 0 Å². The van der Waals surface area contributed by atoms with Crippen molar-refractivity contribution in [1.82, 2.24) is 0 Å². The smallest absolute Gasteiger partial charge is 0.150 e. The zero-order chi connectivity index (χ0) is 11.5. The molecule has 0 aromatic heterocycles. The molecule has 0 spiro atoms. The maximum Gasteiger partial charge on any atom is 0.150 e. The minimum Gasteiger partial charge on any atom is -0.483 e. The summed E-state index contributed by atoms with van der Waals surface area (Å²) in [5.74, 6) is 0.261. The van der Waals surface area contributed by atoms with Crippen LogP contribution in [-0.4, -0.2) is 30.5 Å². The summed E-state index contributed by atoms with van der Waals surface area (Å²) >= 11 is 5.78. The highest BCUT2D eigenvalue weighted by Gasteiger charge is 2.28. The molecule has 86 valence electrons. The van der Waals surface area contributed by atoms with Crippen molar-refractivity contribution in [3.05, 3.63) is 28.1 Å². The Bertz CT molecular complexity index is 398. The molecule has 16 heavy (non-hydrogen) atoms. The predicted molar refractivity (Wildman–Crippen MR) is 58.1 cm³/mol. The van der Waals surface area contributed by atoms with Gasteiger partial charge in [-0.3, -0.25) is 0 Å². The van der Waals surface area contributed by atoms with Crippen LogP contribution in [0, 0.1) is 4.91 Å². The van der Waals surface area contributed by atoms with Crippen molar-refractivity contribution in [2.75, 3.05) is 13.2 Å². The number of hydrogen-bond acceptors (Lipinski definition) is 5. The van der Waals surface area contributed by atoms with Crippen LogP contribution in [0.1, 0.15) is 0 Å². The average Bonchev–Trinajstić information content (AvgIpc) is 2.65. The van der Waals surface area contributed by atoms with Crippen molar-refractivity contribution < 1.29 is 14.6 Å². The Labute approximate surface area is 96.9 Å². The lowest BCUT2D eigenvalue weighted by atomic mass is 10.2. The molecule has 1 saturated heterocycles. The van der Waals surface area contributed by atoms with Crippen LogP contribution in [-0.2, 0) is 4.74 Å². The highest BCUT2D eigenvalue weighted by molar-refractivity contribution is 6.30. The molecule has 0 amide bonds. The molecular weight excluding hydrogens is 234 g/mol. The number of ether oxygens (including phenoxy) is 2. The van der Waals surface area contributed by atoms with E-state index >= 15 is 0 Å². The summed E-state index contributed by atoms with van der Waals surface area (Å²) in [5, 5.41) is 12.8. The lowest BCUT2D eigenvalue weighted by Crippen LogP contribution is -2.29. The fourth-order valence-electron chi connectivity index (χ4n) is 1.46. The van der Waals surface area contributed by atoms with E-state index in [0.29, 0.717) is 5.02 Å². The Morgan fingerprint density at radius 3 is 2.94 bits per heavy atom. The fraction of sp³-hybridized carbons (Fsp3) is 0.400. The monoisotopic (exact) mass is 243 g/mol. The number of hydrogen-bond donors (Lipinski definition) is 1. The molecule has 0 saturated carbocycles. The maximum absolute atomic E-state index is 10.5. The third-order valence-corrected chi connectivity index (χ3v) is 2.53. The molecule has 1 N–H and O–H groups in total. The van der Waals surface area contributed by atoms with Gasteiger partial charge in [-0.05, 0) is 17.3 Å².